The number of nitrogens with zero attached hydrogens (tertiary/aromatic N) is 5. The molecule has 2 heterocycles. The van der Waals surface area contributed by atoms with E-state index < -0.39 is 0 Å². The zero-order valence-corrected chi connectivity index (χ0v) is 22.1. The summed E-state index contributed by atoms with van der Waals surface area (Å²) in [6, 6.07) is 20.7. The van der Waals surface area contributed by atoms with Crippen LogP contribution in [0.2, 0.25) is 0 Å². The number of benzene rings is 3. The minimum atomic E-state index is -0.130. The minimum Gasteiger partial charge on any atom is -0.739 e. The molecule has 0 atom stereocenters. The van der Waals surface area contributed by atoms with Crippen molar-refractivity contribution < 1.29 is 14.4 Å². The molecule has 0 saturated heterocycles. The molecular formula is C29H31N7O3. The molecule has 0 unspecified atom stereocenters. The second-order valence-electron chi connectivity index (χ2n) is 9.73. The number of carbonyl (C=O) groups is 1. The molecule has 0 aliphatic heterocycles. The molecule has 39 heavy (non-hydrogen) atoms. The smallest absolute Gasteiger partial charge is 0.460 e. The van der Waals surface area contributed by atoms with E-state index in [0.29, 0.717) is 33.7 Å². The third-order valence-corrected chi connectivity index (χ3v) is 6.73. The van der Waals surface area contributed by atoms with E-state index in [2.05, 4.69) is 26.7 Å². The maximum atomic E-state index is 12.9. The second kappa shape index (κ2) is 11.4. The third-order valence-electron chi connectivity index (χ3n) is 6.73. The number of amides is 1. The Morgan fingerprint density at radius 1 is 0.923 bits per heavy atom. The van der Waals surface area contributed by atoms with Crippen molar-refractivity contribution in [1.29, 1.82) is 0 Å². The fraction of sp³-hybridized carbons (Fsp3) is 0.276. The number of rotatable bonds is 10. The monoisotopic (exact) mass is 525 g/mol. The van der Waals surface area contributed by atoms with Crippen LogP contribution in [-0.4, -0.2) is 54.1 Å². The standard InChI is InChI=1S/C29H31N7O3/c1-20-12-13-25-26(18-20)36(39)33-29(35(25)38)31-15-7-17-34(2)16-6-14-30-28(37)23-10-5-9-22-19-21-8-3-4-11-24(21)32-27(22)23/h3-5,8-13,18-19H,6-7,14-17H2,1-2H3,(H,30,37)(H,31,33). The van der Waals surface area contributed by atoms with Crippen molar-refractivity contribution >= 4 is 44.7 Å². The highest BCUT2D eigenvalue weighted by Crippen LogP contribution is 2.22. The maximum Gasteiger partial charge on any atom is 0.460 e. The number of aromatic nitrogens is 4. The van der Waals surface area contributed by atoms with Crippen LogP contribution in [0.4, 0.5) is 5.95 Å². The molecule has 0 radical (unpaired) electrons. The largest absolute Gasteiger partial charge is 0.739 e. The number of anilines is 1. The first-order valence-electron chi connectivity index (χ1n) is 13.0. The van der Waals surface area contributed by atoms with Crippen LogP contribution >= 0.6 is 0 Å². The second-order valence-corrected chi connectivity index (χ2v) is 9.73. The Morgan fingerprint density at radius 3 is 2.54 bits per heavy atom. The number of hydrogen-bond acceptors (Lipinski definition) is 7. The van der Waals surface area contributed by atoms with Crippen LogP contribution in [0.15, 0.2) is 66.7 Å². The van der Waals surface area contributed by atoms with Crippen molar-refractivity contribution in [3.8, 4) is 0 Å². The van der Waals surface area contributed by atoms with Gasteiger partial charge in [-0.2, -0.15) is 0 Å². The SMILES string of the molecule is Cc1ccc2c(c1)[n+]([O-])nc(NCCCN(C)CCCNC(=O)c1cccc3cc4ccccc4nc13)[n+]2[O-]. The van der Waals surface area contributed by atoms with Crippen molar-refractivity contribution in [3.05, 3.63) is 88.3 Å². The lowest BCUT2D eigenvalue weighted by Gasteiger charge is -2.16. The van der Waals surface area contributed by atoms with E-state index in [1.165, 1.54) is 0 Å². The number of fused-ring (bicyclic) bond motifs is 3. The molecular weight excluding hydrogens is 494 g/mol. The summed E-state index contributed by atoms with van der Waals surface area (Å²) in [4.78, 5) is 20.3. The van der Waals surface area contributed by atoms with Gasteiger partial charge in [0.25, 0.3) is 11.4 Å². The van der Waals surface area contributed by atoms with E-state index in [-0.39, 0.29) is 22.9 Å². The van der Waals surface area contributed by atoms with E-state index in [0.717, 1.165) is 47.8 Å². The first-order chi connectivity index (χ1) is 18.9. The molecule has 5 aromatic rings. The molecule has 0 saturated carbocycles. The minimum absolute atomic E-state index is 0.0114. The van der Waals surface area contributed by atoms with Gasteiger partial charge in [0.2, 0.25) is 5.10 Å². The fourth-order valence-electron chi connectivity index (χ4n) is 4.65. The van der Waals surface area contributed by atoms with E-state index in [1.807, 2.05) is 56.4 Å². The number of pyridine rings is 1. The third kappa shape index (κ3) is 5.80. The first kappa shape index (κ1) is 26.1. The van der Waals surface area contributed by atoms with Gasteiger partial charge in [-0.05, 0) is 63.2 Å². The summed E-state index contributed by atoms with van der Waals surface area (Å²) in [7, 11) is 2.01. The summed E-state index contributed by atoms with van der Waals surface area (Å²) < 4.78 is 0.656. The Labute approximate surface area is 226 Å². The highest BCUT2D eigenvalue weighted by Gasteiger charge is 2.20. The molecule has 2 aromatic heterocycles. The zero-order valence-electron chi connectivity index (χ0n) is 22.1. The molecule has 0 fully saturated rings. The van der Waals surface area contributed by atoms with Crippen LogP contribution in [0.25, 0.3) is 32.8 Å². The fourth-order valence-corrected chi connectivity index (χ4v) is 4.65. The molecule has 3 aromatic carbocycles. The first-order valence-corrected chi connectivity index (χ1v) is 13.0. The molecule has 0 aliphatic rings. The average Bonchev–Trinajstić information content (AvgIpc) is 2.94. The van der Waals surface area contributed by atoms with Crippen molar-refractivity contribution in [2.24, 2.45) is 0 Å². The molecule has 2 N–H and O–H groups in total. The van der Waals surface area contributed by atoms with E-state index >= 15 is 0 Å². The van der Waals surface area contributed by atoms with Crippen molar-refractivity contribution in [1.82, 2.24) is 20.3 Å². The van der Waals surface area contributed by atoms with Gasteiger partial charge in [-0.25, -0.2) is 9.71 Å². The Hall–Kier alpha value is -4.57. The van der Waals surface area contributed by atoms with Crippen LogP contribution in [0.5, 0.6) is 0 Å². The quantitative estimate of drug-likeness (QED) is 0.124. The molecule has 200 valence electrons. The highest BCUT2D eigenvalue weighted by molar-refractivity contribution is 6.07. The van der Waals surface area contributed by atoms with Crippen LogP contribution < -0.4 is 20.2 Å². The van der Waals surface area contributed by atoms with Crippen LogP contribution in [-0.2, 0) is 0 Å². The lowest BCUT2D eigenvalue weighted by molar-refractivity contribution is -0.672. The number of nitrogens with one attached hydrogen (secondary N) is 2. The predicted molar refractivity (Wildman–Crippen MR) is 151 cm³/mol. The maximum absolute atomic E-state index is 12.9. The van der Waals surface area contributed by atoms with Gasteiger partial charge in [0.05, 0.1) is 23.1 Å². The highest BCUT2D eigenvalue weighted by atomic mass is 16.5. The summed E-state index contributed by atoms with van der Waals surface area (Å²) in [5.74, 6) is -0.141. The summed E-state index contributed by atoms with van der Waals surface area (Å²) in [6.07, 6.45) is 1.55. The van der Waals surface area contributed by atoms with Gasteiger partial charge in [0, 0.05) is 34.8 Å². The topological polar surface area (TPSA) is 124 Å². The Kier molecular flexibility index (Phi) is 7.64. The molecule has 1 amide bonds. The average molecular weight is 526 g/mol. The van der Waals surface area contributed by atoms with E-state index in [9.17, 15) is 15.2 Å². The van der Waals surface area contributed by atoms with Gasteiger partial charge in [0.15, 0.2) is 5.52 Å². The van der Waals surface area contributed by atoms with Crippen LogP contribution in [0, 0.1) is 17.3 Å². The van der Waals surface area contributed by atoms with Crippen molar-refractivity contribution in [2.75, 3.05) is 38.5 Å². The number of carbonyl (C=O) groups excluding carboxylic acids is 1. The van der Waals surface area contributed by atoms with E-state index in [4.69, 9.17) is 4.98 Å². The Balaban J connectivity index is 1.07. The molecule has 0 spiro atoms. The molecule has 0 aliphatic carbocycles. The summed E-state index contributed by atoms with van der Waals surface area (Å²) in [5.41, 5.74) is 3.55. The van der Waals surface area contributed by atoms with Crippen LogP contribution in [0.3, 0.4) is 0 Å². The van der Waals surface area contributed by atoms with Gasteiger partial charge in [-0.1, -0.05) is 36.4 Å². The molecule has 0 bridgehead atoms. The number of para-hydroxylation sites is 2. The summed E-state index contributed by atoms with van der Waals surface area (Å²) in [6.45, 7) is 4.48. The Bertz CT molecular complexity index is 1660. The number of aryl methyl sites for hydroxylation is 1. The van der Waals surface area contributed by atoms with Gasteiger partial charge in [-0.3, -0.25) is 10.1 Å². The van der Waals surface area contributed by atoms with Crippen molar-refractivity contribution in [2.45, 2.75) is 19.8 Å². The Morgan fingerprint density at radius 2 is 1.69 bits per heavy atom. The van der Waals surface area contributed by atoms with Crippen LogP contribution in [0.1, 0.15) is 28.8 Å². The van der Waals surface area contributed by atoms with Gasteiger partial charge < -0.3 is 20.6 Å². The predicted octanol–water partition coefficient (Wildman–Crippen LogP) is 3.07. The van der Waals surface area contributed by atoms with Gasteiger partial charge in [0.1, 0.15) is 0 Å². The summed E-state index contributed by atoms with van der Waals surface area (Å²) in [5, 5.41) is 36.6. The molecule has 10 nitrogen and oxygen atoms in total. The molecule has 5 rings (SSSR count). The number of hydrogen-bond donors (Lipinski definition) is 2. The normalized spacial score (nSPS) is 11.5. The van der Waals surface area contributed by atoms with Crippen molar-refractivity contribution in [3.63, 3.8) is 0 Å². The lowest BCUT2D eigenvalue weighted by atomic mass is 10.1. The van der Waals surface area contributed by atoms with Gasteiger partial charge in [-0.15, -0.1) is 0 Å². The molecule has 10 heteroatoms. The summed E-state index contributed by atoms with van der Waals surface area (Å²) >= 11 is 0. The van der Waals surface area contributed by atoms with Gasteiger partial charge >= 0.3 is 5.95 Å². The lowest BCUT2D eigenvalue weighted by Crippen LogP contribution is -2.44. The zero-order chi connectivity index (χ0) is 27.4. The van der Waals surface area contributed by atoms with E-state index in [1.54, 1.807) is 18.2 Å².